The highest BCUT2D eigenvalue weighted by Gasteiger charge is 2.41. The number of rotatable bonds is 15. The number of benzene rings is 2. The zero-order valence-corrected chi connectivity index (χ0v) is 22.7. The molecule has 0 fully saturated rings. The number of hydrogen-bond donors (Lipinski definition) is 1. The zero-order chi connectivity index (χ0) is 29.0. The Morgan fingerprint density at radius 1 is 0.821 bits per heavy atom. The van der Waals surface area contributed by atoms with Gasteiger partial charge in [-0.05, 0) is 13.8 Å². The van der Waals surface area contributed by atoms with E-state index in [9.17, 15) is 24.3 Å². The van der Waals surface area contributed by atoms with Crippen LogP contribution in [0.2, 0.25) is 0 Å². The molecule has 1 N–H and O–H groups in total. The Morgan fingerprint density at radius 3 is 1.67 bits per heavy atom. The van der Waals surface area contributed by atoms with Gasteiger partial charge in [0.15, 0.2) is 6.61 Å². The van der Waals surface area contributed by atoms with Crippen LogP contribution >= 0.6 is 0 Å². The predicted molar refractivity (Wildman–Crippen MR) is 143 cm³/mol. The summed E-state index contributed by atoms with van der Waals surface area (Å²) in [7, 11) is 1.87. The van der Waals surface area contributed by atoms with E-state index < -0.39 is 48.9 Å². The third-order valence-corrected chi connectivity index (χ3v) is 6.07. The van der Waals surface area contributed by atoms with Crippen molar-refractivity contribution < 1.29 is 38.2 Å². The Balaban J connectivity index is 2.45. The van der Waals surface area contributed by atoms with Crippen molar-refractivity contribution in [3.8, 4) is 0 Å². The molecule has 0 aliphatic heterocycles. The Labute approximate surface area is 229 Å². The monoisotopic (exact) mass is 536 g/mol. The molecular formula is C30H36N2O7. The van der Waals surface area contributed by atoms with Gasteiger partial charge in [0, 0.05) is 34.7 Å². The van der Waals surface area contributed by atoms with E-state index in [-0.39, 0.29) is 22.2 Å². The van der Waals surface area contributed by atoms with Crippen LogP contribution in [0.4, 0.5) is 0 Å². The number of aliphatic carboxylic acids is 1. The maximum atomic E-state index is 13.8. The van der Waals surface area contributed by atoms with E-state index in [0.717, 1.165) is 11.1 Å². The molecule has 39 heavy (non-hydrogen) atoms. The van der Waals surface area contributed by atoms with Crippen LogP contribution < -0.4 is 10.4 Å². The Hall–Kier alpha value is -4.24. The van der Waals surface area contributed by atoms with Crippen LogP contribution in [-0.2, 0) is 41.7 Å². The van der Waals surface area contributed by atoms with Crippen molar-refractivity contribution in [2.45, 2.75) is 45.4 Å². The first-order valence-electron chi connectivity index (χ1n) is 12.5. The lowest BCUT2D eigenvalue weighted by Crippen LogP contribution is -2.61. The first-order valence-corrected chi connectivity index (χ1v) is 12.5. The molecule has 208 valence electrons. The molecule has 0 aromatic heterocycles. The predicted octanol–water partition coefficient (Wildman–Crippen LogP) is 2.07. The van der Waals surface area contributed by atoms with Gasteiger partial charge in [-0.15, -0.1) is 0 Å². The van der Waals surface area contributed by atoms with E-state index >= 15 is 0 Å². The number of hydrogen-bond acceptors (Lipinski definition) is 7. The number of nitrogens with zero attached hydrogens (tertiary/aromatic N) is 1. The molecule has 0 spiro atoms. The summed E-state index contributed by atoms with van der Waals surface area (Å²) in [5, 5.41) is 14.1. The summed E-state index contributed by atoms with van der Waals surface area (Å²) < 4.78 is 10.7. The summed E-state index contributed by atoms with van der Waals surface area (Å²) in [5.41, 5.74) is 2.20. The molecule has 0 saturated heterocycles. The molecular weight excluding hydrogens is 500 g/mol. The Morgan fingerprint density at radius 2 is 1.26 bits per heavy atom. The lowest BCUT2D eigenvalue weighted by Gasteiger charge is -2.41. The number of carboxylic acid groups (broad SMARTS) is 1. The van der Waals surface area contributed by atoms with Gasteiger partial charge in [-0.2, -0.15) is 0 Å². The van der Waals surface area contributed by atoms with Crippen molar-refractivity contribution in [2.24, 2.45) is 0 Å². The van der Waals surface area contributed by atoms with E-state index in [4.69, 9.17) is 9.47 Å². The third-order valence-electron chi connectivity index (χ3n) is 6.07. The molecule has 2 atom stereocenters. The number of esters is 2. The average Bonchev–Trinajstić information content (AvgIpc) is 2.87. The van der Waals surface area contributed by atoms with Gasteiger partial charge in [-0.3, -0.25) is 4.79 Å². The van der Waals surface area contributed by atoms with E-state index in [1.54, 1.807) is 0 Å². The summed E-state index contributed by atoms with van der Waals surface area (Å²) >= 11 is 0. The molecule has 0 radical (unpaired) electrons. The zero-order valence-electron chi connectivity index (χ0n) is 22.7. The fourth-order valence-corrected chi connectivity index (χ4v) is 4.04. The van der Waals surface area contributed by atoms with Crippen LogP contribution in [0.1, 0.15) is 31.4 Å². The first-order chi connectivity index (χ1) is 18.4. The van der Waals surface area contributed by atoms with Gasteiger partial charge in [-0.25, -0.2) is 9.59 Å². The summed E-state index contributed by atoms with van der Waals surface area (Å²) in [4.78, 5) is 49.4. The second kappa shape index (κ2) is 14.6. The molecule has 0 heterocycles. The number of carboxylic acids is 1. The van der Waals surface area contributed by atoms with E-state index in [1.165, 1.54) is 13.8 Å². The average molecular weight is 537 g/mol. The lowest BCUT2D eigenvalue weighted by atomic mass is 10.1. The van der Waals surface area contributed by atoms with Crippen molar-refractivity contribution in [2.75, 3.05) is 20.3 Å². The summed E-state index contributed by atoms with van der Waals surface area (Å²) in [5.74, 6) is -3.37. The third kappa shape index (κ3) is 10.2. The molecule has 9 nitrogen and oxygen atoms in total. The van der Waals surface area contributed by atoms with Crippen LogP contribution in [0.25, 0.3) is 0 Å². The molecule has 1 amide bonds. The van der Waals surface area contributed by atoms with Crippen molar-refractivity contribution >= 4 is 23.8 Å². The van der Waals surface area contributed by atoms with E-state index in [0.29, 0.717) is 13.1 Å². The van der Waals surface area contributed by atoms with Gasteiger partial charge in [-0.1, -0.05) is 73.8 Å². The Bertz CT molecular complexity index is 1140. The topological polar surface area (TPSA) is 122 Å². The standard InChI is InChI=1S/C30H36N2O7/c1-21(2)29(36)38-19-25(16-27(33)34)31-28(35)26(20-39-30(37)22(3)4)32(5,17-23-12-8-6-9-13-23)18-24-14-10-7-11-15-24/h6-15,25-26H,1,3,16-20H2,2,4-5H3,(H-,31,33,34,35)/t25-,26-/m0/s1. The van der Waals surface area contributed by atoms with Crippen LogP contribution in [0.15, 0.2) is 85.0 Å². The number of nitrogens with one attached hydrogen (secondary N) is 1. The summed E-state index contributed by atoms with van der Waals surface area (Å²) in [6.45, 7) is 10.2. The van der Waals surface area contributed by atoms with Crippen LogP contribution in [0.5, 0.6) is 0 Å². The first kappa shape index (κ1) is 31.0. The molecule has 2 aromatic rings. The van der Waals surface area contributed by atoms with E-state index in [2.05, 4.69) is 18.5 Å². The molecule has 0 saturated carbocycles. The van der Waals surface area contributed by atoms with Crippen molar-refractivity contribution in [1.82, 2.24) is 5.32 Å². The van der Waals surface area contributed by atoms with Crippen molar-refractivity contribution in [3.05, 3.63) is 96.1 Å². The second-order valence-corrected chi connectivity index (χ2v) is 9.82. The summed E-state index contributed by atoms with van der Waals surface area (Å²) in [6, 6.07) is 17.1. The van der Waals surface area contributed by atoms with Gasteiger partial charge >= 0.3 is 11.9 Å². The van der Waals surface area contributed by atoms with Gasteiger partial charge in [0.05, 0.1) is 13.1 Å². The number of carbonyl (C=O) groups excluding carboxylic acids is 4. The minimum absolute atomic E-state index is 0.0902. The maximum Gasteiger partial charge on any atom is 0.333 e. The minimum atomic E-state index is -1.43. The van der Waals surface area contributed by atoms with Crippen LogP contribution in [0.3, 0.4) is 0 Å². The van der Waals surface area contributed by atoms with Crippen LogP contribution in [-0.4, -0.2) is 60.6 Å². The number of ether oxygens (including phenoxy) is 2. The number of quaternary nitrogens is 1. The van der Waals surface area contributed by atoms with Gasteiger partial charge in [0.2, 0.25) is 6.04 Å². The fraction of sp³-hybridized carbons (Fsp3) is 0.333. The van der Waals surface area contributed by atoms with E-state index in [1.807, 2.05) is 67.7 Å². The highest BCUT2D eigenvalue weighted by atomic mass is 16.5. The minimum Gasteiger partial charge on any atom is -0.550 e. The lowest BCUT2D eigenvalue weighted by molar-refractivity contribution is -0.950. The molecule has 2 aromatic carbocycles. The van der Waals surface area contributed by atoms with Crippen molar-refractivity contribution in [3.63, 3.8) is 0 Å². The van der Waals surface area contributed by atoms with Gasteiger partial charge < -0.3 is 29.2 Å². The maximum absolute atomic E-state index is 13.8. The highest BCUT2D eigenvalue weighted by Crippen LogP contribution is 2.23. The molecule has 2 rings (SSSR count). The fourth-order valence-electron chi connectivity index (χ4n) is 4.04. The molecule has 0 aliphatic carbocycles. The normalized spacial score (nSPS) is 12.5. The number of amides is 1. The SMILES string of the molecule is C=C(C)C(=O)OC[C@H](CC(=O)[O-])NC(=O)[C@H](COC(=O)C(=C)C)[N+](C)(Cc1ccccc1)Cc1ccccc1. The number of likely N-dealkylation sites (N-methyl/N-ethyl adjacent to an activating group) is 1. The second-order valence-electron chi connectivity index (χ2n) is 9.82. The smallest absolute Gasteiger partial charge is 0.333 e. The van der Waals surface area contributed by atoms with Gasteiger partial charge in [0.1, 0.15) is 19.7 Å². The summed E-state index contributed by atoms with van der Waals surface area (Å²) in [6.07, 6.45) is -0.589. The van der Waals surface area contributed by atoms with Crippen LogP contribution in [0, 0.1) is 0 Å². The molecule has 0 unspecified atom stereocenters. The Kier molecular flexibility index (Phi) is 11.6. The highest BCUT2D eigenvalue weighted by molar-refractivity contribution is 5.88. The molecule has 0 aliphatic rings. The number of carbonyl (C=O) groups is 4. The molecule has 9 heteroatoms. The quantitative estimate of drug-likeness (QED) is 0.210. The molecule has 0 bridgehead atoms. The largest absolute Gasteiger partial charge is 0.550 e. The van der Waals surface area contributed by atoms with Crippen molar-refractivity contribution in [1.29, 1.82) is 0 Å². The van der Waals surface area contributed by atoms with Gasteiger partial charge in [0.25, 0.3) is 5.91 Å².